The van der Waals surface area contributed by atoms with Gasteiger partial charge in [0, 0.05) is 0 Å². The first kappa shape index (κ1) is 29.2. The van der Waals surface area contributed by atoms with Crippen molar-refractivity contribution >= 4 is 30.3 Å². The van der Waals surface area contributed by atoms with E-state index in [1.54, 1.807) is 24.2 Å². The number of allylic oxidation sites excluding steroid dienone is 4. The second-order valence-electron chi connectivity index (χ2n) is 10.8. The molecule has 1 aliphatic carbocycles. The van der Waals surface area contributed by atoms with Crippen LogP contribution < -0.4 is 24.8 Å². The fraction of sp³-hybridized carbons (Fsp3) is 0.379. The summed E-state index contributed by atoms with van der Waals surface area (Å²) in [5.41, 5.74) is 5.97. The third-order valence-electron chi connectivity index (χ3n) is 5.67. The molecule has 0 aromatic heterocycles. The number of hydrogen-bond donors (Lipinski definition) is 0. The van der Waals surface area contributed by atoms with E-state index in [0.29, 0.717) is 0 Å². The molecule has 0 amide bonds. The fourth-order valence-electron chi connectivity index (χ4n) is 3.91. The van der Waals surface area contributed by atoms with Gasteiger partial charge in [0.05, 0.1) is 0 Å². The molecule has 3 aromatic rings. The molecule has 0 nitrogen and oxygen atoms in total. The molecule has 0 N–H and O–H groups in total. The summed E-state index contributed by atoms with van der Waals surface area (Å²) in [6.45, 7) is 18.1. The van der Waals surface area contributed by atoms with Crippen LogP contribution in [0.1, 0.15) is 78.5 Å². The van der Waals surface area contributed by atoms with Crippen molar-refractivity contribution in [2.45, 2.75) is 72.6 Å². The van der Waals surface area contributed by atoms with E-state index < -0.39 is 0 Å². The molecule has 0 unspecified atom stereocenters. The third-order valence-corrected chi connectivity index (χ3v) is 5.67. The van der Waals surface area contributed by atoms with Gasteiger partial charge < -0.3 is 24.8 Å². The predicted octanol–water partition coefficient (Wildman–Crippen LogP) is 2.40. The monoisotopic (exact) mass is 543 g/mol. The van der Waals surface area contributed by atoms with Gasteiger partial charge in [-0.3, -0.25) is 0 Å². The van der Waals surface area contributed by atoms with E-state index >= 15 is 0 Å². The average molecular weight is 546 g/mol. The summed E-state index contributed by atoms with van der Waals surface area (Å²) in [4.78, 5) is 0. The molecule has 0 saturated carbocycles. The number of rotatable bonds is 1. The molecule has 32 heavy (non-hydrogen) atoms. The Labute approximate surface area is 222 Å². The number of benzene rings is 2. The third kappa shape index (κ3) is 6.59. The van der Waals surface area contributed by atoms with Gasteiger partial charge in [0.15, 0.2) is 0 Å². The van der Waals surface area contributed by atoms with Gasteiger partial charge in [-0.05, 0) is 17.3 Å². The molecular formula is C29H35Cl2Zr-. The van der Waals surface area contributed by atoms with Crippen molar-refractivity contribution < 1.29 is 49.0 Å². The Kier molecular flexibility index (Phi) is 10.1. The van der Waals surface area contributed by atoms with E-state index in [9.17, 15) is 0 Å². The summed E-state index contributed by atoms with van der Waals surface area (Å²) < 4.78 is 1.51. The van der Waals surface area contributed by atoms with E-state index in [4.69, 9.17) is 0 Å². The minimum Gasteiger partial charge on any atom is -1.00 e. The average Bonchev–Trinajstić information content (AvgIpc) is 3.26. The van der Waals surface area contributed by atoms with Crippen LogP contribution in [0.2, 0.25) is 0 Å². The van der Waals surface area contributed by atoms with E-state index in [0.717, 1.165) is 6.42 Å². The van der Waals surface area contributed by atoms with E-state index in [1.807, 2.05) is 0 Å². The second-order valence-corrected chi connectivity index (χ2v) is 13.2. The zero-order chi connectivity index (χ0) is 22.3. The van der Waals surface area contributed by atoms with Crippen molar-refractivity contribution in [2.75, 3.05) is 0 Å². The van der Waals surface area contributed by atoms with E-state index in [-0.39, 0.29) is 35.6 Å². The van der Waals surface area contributed by atoms with Crippen LogP contribution in [0.15, 0.2) is 54.6 Å². The SMILES string of the molecule is CC(C)(C)c1ccc2[cH-]c3c(C4=CC=CC4)cc(C(C)(C)C)cc3c2c1.C[C](C)=[Zr+2].[Cl-].[Cl-]. The van der Waals surface area contributed by atoms with Gasteiger partial charge in [-0.1, -0.05) is 106 Å². The van der Waals surface area contributed by atoms with Crippen LogP contribution in [0.25, 0.3) is 27.1 Å². The first-order valence-corrected chi connectivity index (χ1v) is 12.2. The molecule has 0 atom stereocenters. The molecule has 0 heterocycles. The van der Waals surface area contributed by atoms with Crippen molar-refractivity contribution in [3.05, 3.63) is 71.3 Å². The molecule has 0 aliphatic heterocycles. The maximum absolute atomic E-state index is 2.43. The van der Waals surface area contributed by atoms with Gasteiger partial charge in [-0.25, -0.2) is 0 Å². The van der Waals surface area contributed by atoms with Crippen molar-refractivity contribution in [1.82, 2.24) is 0 Å². The molecule has 170 valence electrons. The number of fused-ring (bicyclic) bond motifs is 3. The topological polar surface area (TPSA) is 0 Å². The maximum Gasteiger partial charge on any atom is -1.00 e. The minimum absolute atomic E-state index is 0. The van der Waals surface area contributed by atoms with Gasteiger partial charge in [0.1, 0.15) is 0 Å². The smallest absolute Gasteiger partial charge is 1.00 e. The maximum atomic E-state index is 2.43. The number of halogens is 2. The fourth-order valence-corrected chi connectivity index (χ4v) is 3.91. The molecule has 0 radical (unpaired) electrons. The van der Waals surface area contributed by atoms with Gasteiger partial charge in [0.2, 0.25) is 0 Å². The molecule has 1 aliphatic rings. The molecular weight excluding hydrogens is 510 g/mol. The van der Waals surface area contributed by atoms with Crippen molar-refractivity contribution in [2.24, 2.45) is 0 Å². The Morgan fingerprint density at radius 2 is 1.41 bits per heavy atom. The molecule has 0 spiro atoms. The van der Waals surface area contributed by atoms with Crippen LogP contribution in [-0.4, -0.2) is 3.21 Å². The number of hydrogen-bond acceptors (Lipinski definition) is 0. The largest absolute Gasteiger partial charge is 1.00 e. The van der Waals surface area contributed by atoms with Crippen molar-refractivity contribution in [3.8, 4) is 0 Å². The van der Waals surface area contributed by atoms with Crippen LogP contribution >= 0.6 is 0 Å². The summed E-state index contributed by atoms with van der Waals surface area (Å²) in [7, 11) is 0. The minimum atomic E-state index is 0. The molecule has 3 aromatic carbocycles. The zero-order valence-corrected chi connectivity index (χ0v) is 24.6. The summed E-state index contributed by atoms with van der Waals surface area (Å²) in [5.74, 6) is 0. The summed E-state index contributed by atoms with van der Waals surface area (Å²) >= 11 is 1.55. The predicted molar refractivity (Wildman–Crippen MR) is 133 cm³/mol. The van der Waals surface area contributed by atoms with Gasteiger partial charge in [-0.2, -0.15) is 0 Å². The second kappa shape index (κ2) is 11.0. The summed E-state index contributed by atoms with van der Waals surface area (Å²) in [5, 5.41) is 5.55. The van der Waals surface area contributed by atoms with E-state index in [1.165, 1.54) is 47.0 Å². The Bertz CT molecular complexity index is 1160. The Morgan fingerprint density at radius 3 is 1.91 bits per heavy atom. The molecule has 0 bridgehead atoms. The quantitative estimate of drug-likeness (QED) is 0.412. The first-order valence-electron chi connectivity index (χ1n) is 10.9. The van der Waals surface area contributed by atoms with Crippen molar-refractivity contribution in [3.63, 3.8) is 0 Å². The molecule has 0 saturated heterocycles. The molecule has 3 heteroatoms. The Morgan fingerprint density at radius 1 is 0.844 bits per heavy atom. The van der Waals surface area contributed by atoms with Crippen LogP contribution in [0.4, 0.5) is 0 Å². The van der Waals surface area contributed by atoms with E-state index in [2.05, 4.69) is 110 Å². The summed E-state index contributed by atoms with van der Waals surface area (Å²) in [6, 6.07) is 14.2. The van der Waals surface area contributed by atoms with Crippen LogP contribution in [-0.2, 0) is 35.1 Å². The normalized spacial score (nSPS) is 13.2. The van der Waals surface area contributed by atoms with Crippen LogP contribution in [0.3, 0.4) is 0 Å². The first-order chi connectivity index (χ1) is 13.9. The molecule has 0 fully saturated rings. The van der Waals surface area contributed by atoms with Crippen molar-refractivity contribution in [1.29, 1.82) is 0 Å². The van der Waals surface area contributed by atoms with Gasteiger partial charge in [-0.15, -0.1) is 33.7 Å². The molecule has 4 rings (SSSR count). The van der Waals surface area contributed by atoms with Gasteiger partial charge in [0.25, 0.3) is 0 Å². The van der Waals surface area contributed by atoms with Crippen LogP contribution in [0, 0.1) is 0 Å². The summed E-state index contributed by atoms with van der Waals surface area (Å²) in [6.07, 6.45) is 7.76. The Hall–Kier alpha value is -0.877. The zero-order valence-electron chi connectivity index (χ0n) is 20.7. The van der Waals surface area contributed by atoms with Gasteiger partial charge >= 0.3 is 41.3 Å². The Balaban J connectivity index is 0.000000790. The van der Waals surface area contributed by atoms with Crippen LogP contribution in [0.5, 0.6) is 0 Å². The standard InChI is InChI=1S/C26H29.C3H6.2ClH.Zr/c1-25(2,3)19-12-11-18-13-23-21(17-9-7-8-10-17)15-20(26(4,5)6)16-24(23)22(18)14-19;1-3-2;;;/h7-9,11-16H,10H2,1-6H3;1-2H3;2*1H;/q-1;;;;+2/p-2.